The van der Waals surface area contributed by atoms with Crippen LogP contribution in [-0.2, 0) is 9.63 Å². The molecule has 5 nitrogen and oxygen atoms in total. The molecule has 0 aliphatic carbocycles. The van der Waals surface area contributed by atoms with Gasteiger partial charge in [-0.2, -0.15) is 0 Å². The molecule has 5 heteroatoms. The van der Waals surface area contributed by atoms with Crippen LogP contribution in [0.3, 0.4) is 0 Å². The molecule has 0 spiro atoms. The van der Waals surface area contributed by atoms with Crippen LogP contribution in [0.1, 0.15) is 32.3 Å². The maximum absolute atomic E-state index is 10.5. The maximum atomic E-state index is 10.5. The van der Waals surface area contributed by atoms with Crippen molar-refractivity contribution in [3.05, 3.63) is 29.8 Å². The second-order valence-electron chi connectivity index (χ2n) is 3.61. The molecule has 0 bridgehead atoms. The van der Waals surface area contributed by atoms with Gasteiger partial charge >= 0.3 is 5.97 Å². The van der Waals surface area contributed by atoms with Gasteiger partial charge in [-0.1, -0.05) is 19.0 Å². The first-order valence-electron chi connectivity index (χ1n) is 5.89. The number of hydrogen-bond acceptors (Lipinski definition) is 4. The van der Waals surface area contributed by atoms with Crippen molar-refractivity contribution in [2.24, 2.45) is 5.16 Å². The fourth-order valence-electron chi connectivity index (χ4n) is 1.56. The molecular formula is C13H17NO4. The first-order valence-corrected chi connectivity index (χ1v) is 5.89. The van der Waals surface area contributed by atoms with Crippen LogP contribution >= 0.6 is 0 Å². The van der Waals surface area contributed by atoms with Crippen molar-refractivity contribution in [2.75, 3.05) is 0 Å². The molecule has 1 heterocycles. The normalized spacial score (nSPS) is 17.2. The minimum Gasteiger partial charge on any atom is -0.508 e. The number of aromatic hydroxyl groups is 1. The summed E-state index contributed by atoms with van der Waals surface area (Å²) in [5.41, 5.74) is 1.55. The summed E-state index contributed by atoms with van der Waals surface area (Å²) in [6, 6.07) is 6.56. The lowest BCUT2D eigenvalue weighted by Gasteiger charge is -2.03. The Morgan fingerprint density at radius 1 is 1.39 bits per heavy atom. The van der Waals surface area contributed by atoms with E-state index in [1.807, 2.05) is 13.8 Å². The number of oxime groups is 1. The summed E-state index contributed by atoms with van der Waals surface area (Å²) in [6.45, 7) is 4.00. The topological polar surface area (TPSA) is 79.1 Å². The van der Waals surface area contributed by atoms with Crippen molar-refractivity contribution in [1.29, 1.82) is 0 Å². The molecule has 1 atom stereocenters. The van der Waals surface area contributed by atoms with Gasteiger partial charge in [0.25, 0.3) is 0 Å². The van der Waals surface area contributed by atoms with Crippen molar-refractivity contribution in [3.63, 3.8) is 0 Å². The Balaban J connectivity index is 0.000000771. The Labute approximate surface area is 106 Å². The smallest absolute Gasteiger partial charge is 0.307 e. The van der Waals surface area contributed by atoms with Crippen molar-refractivity contribution in [2.45, 2.75) is 32.8 Å². The lowest BCUT2D eigenvalue weighted by molar-refractivity contribution is -0.139. The highest BCUT2D eigenvalue weighted by molar-refractivity contribution is 6.01. The molecule has 1 aromatic carbocycles. The fourth-order valence-corrected chi connectivity index (χ4v) is 1.56. The van der Waals surface area contributed by atoms with Gasteiger partial charge in [-0.15, -0.1) is 0 Å². The minimum atomic E-state index is -0.896. The second kappa shape index (κ2) is 6.64. The molecule has 0 amide bonds. The number of aliphatic carboxylic acids is 1. The molecule has 0 saturated heterocycles. The number of benzene rings is 1. The van der Waals surface area contributed by atoms with Gasteiger partial charge in [0.1, 0.15) is 11.9 Å². The number of hydrogen-bond donors (Lipinski definition) is 2. The third kappa shape index (κ3) is 3.76. The van der Waals surface area contributed by atoms with Gasteiger partial charge in [0.15, 0.2) is 0 Å². The van der Waals surface area contributed by atoms with Crippen LogP contribution in [0.15, 0.2) is 29.4 Å². The first-order chi connectivity index (χ1) is 8.65. The zero-order valence-corrected chi connectivity index (χ0v) is 10.5. The third-order valence-corrected chi connectivity index (χ3v) is 2.34. The lowest BCUT2D eigenvalue weighted by atomic mass is 10.0. The quantitative estimate of drug-likeness (QED) is 0.864. The molecular weight excluding hydrogens is 234 g/mol. The Morgan fingerprint density at radius 3 is 2.56 bits per heavy atom. The predicted molar refractivity (Wildman–Crippen MR) is 67.7 cm³/mol. The SMILES string of the molecule is CC.O=C(O)CC1CC(c2ccc(O)cc2)=NO1. The summed E-state index contributed by atoms with van der Waals surface area (Å²) >= 11 is 0. The monoisotopic (exact) mass is 251 g/mol. The number of carboxylic acid groups (broad SMARTS) is 1. The number of rotatable bonds is 3. The molecule has 18 heavy (non-hydrogen) atoms. The van der Waals surface area contributed by atoms with E-state index < -0.39 is 5.97 Å². The summed E-state index contributed by atoms with van der Waals surface area (Å²) in [4.78, 5) is 15.5. The lowest BCUT2D eigenvalue weighted by Crippen LogP contribution is -2.13. The highest BCUT2D eigenvalue weighted by Gasteiger charge is 2.24. The van der Waals surface area contributed by atoms with Gasteiger partial charge in [-0.05, 0) is 29.8 Å². The van der Waals surface area contributed by atoms with Crippen LogP contribution in [0.2, 0.25) is 0 Å². The number of carbonyl (C=O) groups is 1. The molecule has 0 radical (unpaired) electrons. The number of nitrogens with zero attached hydrogens (tertiary/aromatic N) is 1. The molecule has 0 fully saturated rings. The first kappa shape index (κ1) is 14.0. The number of phenolic OH excluding ortho intramolecular Hbond substituents is 1. The second-order valence-corrected chi connectivity index (χ2v) is 3.61. The Kier molecular flexibility index (Phi) is 5.17. The van der Waals surface area contributed by atoms with E-state index in [4.69, 9.17) is 15.1 Å². The number of carboxylic acids is 1. The molecule has 1 aliphatic rings. The molecule has 98 valence electrons. The van der Waals surface area contributed by atoms with Crippen LogP contribution in [-0.4, -0.2) is 28.0 Å². The van der Waals surface area contributed by atoms with Crippen LogP contribution in [0.25, 0.3) is 0 Å². The van der Waals surface area contributed by atoms with Crippen LogP contribution in [0.5, 0.6) is 5.75 Å². The molecule has 0 aromatic heterocycles. The van der Waals surface area contributed by atoms with E-state index in [-0.39, 0.29) is 18.3 Å². The highest BCUT2D eigenvalue weighted by atomic mass is 16.6. The van der Waals surface area contributed by atoms with E-state index in [1.54, 1.807) is 24.3 Å². The molecule has 1 aliphatic heterocycles. The standard InChI is InChI=1S/C11H11NO4.C2H6/c13-8-3-1-7(2-4-8)10-5-9(16-12-10)6-11(14)15;1-2/h1-4,9,13H,5-6H2,(H,14,15);1-2H3. The van der Waals surface area contributed by atoms with Gasteiger partial charge < -0.3 is 15.1 Å². The summed E-state index contributed by atoms with van der Waals surface area (Å²) in [7, 11) is 0. The Hall–Kier alpha value is -2.04. The van der Waals surface area contributed by atoms with Crippen LogP contribution < -0.4 is 0 Å². The van der Waals surface area contributed by atoms with E-state index in [2.05, 4.69) is 5.16 Å². The third-order valence-electron chi connectivity index (χ3n) is 2.34. The van der Waals surface area contributed by atoms with Gasteiger partial charge in [0.2, 0.25) is 0 Å². The van der Waals surface area contributed by atoms with Gasteiger partial charge in [-0.25, -0.2) is 0 Å². The molecule has 2 N–H and O–H groups in total. The summed E-state index contributed by atoms with van der Waals surface area (Å²) in [5, 5.41) is 21.6. The minimum absolute atomic E-state index is 0.0505. The molecule has 1 unspecified atom stereocenters. The van der Waals surface area contributed by atoms with Crippen molar-refractivity contribution in [1.82, 2.24) is 0 Å². The van der Waals surface area contributed by atoms with Crippen LogP contribution in [0.4, 0.5) is 0 Å². The fraction of sp³-hybridized carbons (Fsp3) is 0.385. The average molecular weight is 251 g/mol. The van der Waals surface area contributed by atoms with Crippen molar-refractivity contribution >= 4 is 11.7 Å². The van der Waals surface area contributed by atoms with Gasteiger partial charge in [-0.3, -0.25) is 4.79 Å². The average Bonchev–Trinajstić information content (AvgIpc) is 2.80. The number of phenols is 1. The summed E-state index contributed by atoms with van der Waals surface area (Å²) in [6.07, 6.45) is 0.0450. The van der Waals surface area contributed by atoms with Crippen molar-refractivity contribution in [3.8, 4) is 5.75 Å². The van der Waals surface area contributed by atoms with E-state index in [1.165, 1.54) is 0 Å². The summed E-state index contributed by atoms with van der Waals surface area (Å²) < 4.78 is 0. The zero-order chi connectivity index (χ0) is 13.5. The highest BCUT2D eigenvalue weighted by Crippen LogP contribution is 2.20. The predicted octanol–water partition coefficient (Wildman–Crippen LogP) is 2.39. The Morgan fingerprint density at radius 2 is 2.00 bits per heavy atom. The van der Waals surface area contributed by atoms with Gasteiger partial charge in [0, 0.05) is 6.42 Å². The molecule has 0 saturated carbocycles. The van der Waals surface area contributed by atoms with E-state index >= 15 is 0 Å². The van der Waals surface area contributed by atoms with Crippen molar-refractivity contribution < 1.29 is 19.8 Å². The Bertz CT molecular complexity index is 425. The zero-order valence-electron chi connectivity index (χ0n) is 10.5. The summed E-state index contributed by atoms with van der Waals surface area (Å²) in [5.74, 6) is -0.711. The van der Waals surface area contributed by atoms with Crippen LogP contribution in [0, 0.1) is 0 Å². The maximum Gasteiger partial charge on any atom is 0.307 e. The molecule has 2 rings (SSSR count). The largest absolute Gasteiger partial charge is 0.508 e. The van der Waals surface area contributed by atoms with E-state index in [9.17, 15) is 4.79 Å². The van der Waals surface area contributed by atoms with E-state index in [0.29, 0.717) is 12.1 Å². The molecule has 1 aromatic rings. The van der Waals surface area contributed by atoms with E-state index in [0.717, 1.165) is 5.56 Å². The van der Waals surface area contributed by atoms with Gasteiger partial charge in [0.05, 0.1) is 12.1 Å².